The summed E-state index contributed by atoms with van der Waals surface area (Å²) in [5.74, 6) is 0.699. The first-order valence-corrected chi connectivity index (χ1v) is 7.85. The Morgan fingerprint density at radius 2 is 2.24 bits per heavy atom. The number of carbonyl (C=O) groups excluding carboxylic acids is 1. The van der Waals surface area contributed by atoms with E-state index in [1.165, 1.54) is 5.69 Å². The van der Waals surface area contributed by atoms with Crippen LogP contribution in [0, 0.1) is 0 Å². The zero-order valence-corrected chi connectivity index (χ0v) is 12.6. The van der Waals surface area contributed by atoms with Crippen LogP contribution in [0.25, 0.3) is 0 Å². The second-order valence-electron chi connectivity index (χ2n) is 5.96. The van der Waals surface area contributed by atoms with Gasteiger partial charge in [0.05, 0.1) is 19.3 Å². The van der Waals surface area contributed by atoms with Crippen molar-refractivity contribution in [1.29, 1.82) is 0 Å². The average Bonchev–Trinajstić information content (AvgIpc) is 3.09. The van der Waals surface area contributed by atoms with E-state index < -0.39 is 0 Å². The fourth-order valence-electron chi connectivity index (χ4n) is 3.31. The highest BCUT2D eigenvalue weighted by Crippen LogP contribution is 2.26. The van der Waals surface area contributed by atoms with Crippen molar-refractivity contribution < 1.29 is 9.53 Å². The first-order chi connectivity index (χ1) is 10.3. The van der Waals surface area contributed by atoms with E-state index in [1.54, 1.807) is 6.20 Å². The Labute approximate surface area is 125 Å². The number of hydrogen-bond donors (Lipinski definition) is 1. The van der Waals surface area contributed by atoms with E-state index in [1.807, 2.05) is 17.9 Å². The van der Waals surface area contributed by atoms with Crippen molar-refractivity contribution >= 4 is 5.91 Å². The SMILES string of the molecule is C[C@@H](C(=O)N1CCOCC1)N1CCC[C@@H](c2ccn[nH]2)C1. The van der Waals surface area contributed by atoms with Gasteiger partial charge in [-0.3, -0.25) is 14.8 Å². The van der Waals surface area contributed by atoms with Crippen LogP contribution in [0.15, 0.2) is 12.3 Å². The van der Waals surface area contributed by atoms with E-state index in [0.717, 1.165) is 39.0 Å². The van der Waals surface area contributed by atoms with Crippen molar-refractivity contribution in [1.82, 2.24) is 20.0 Å². The molecule has 0 bridgehead atoms. The topological polar surface area (TPSA) is 61.5 Å². The lowest BCUT2D eigenvalue weighted by atomic mass is 9.94. The number of piperidine rings is 1. The van der Waals surface area contributed by atoms with Crippen LogP contribution < -0.4 is 0 Å². The van der Waals surface area contributed by atoms with Crippen LogP contribution in [0.5, 0.6) is 0 Å². The Bertz CT molecular complexity index is 456. The first-order valence-electron chi connectivity index (χ1n) is 7.85. The van der Waals surface area contributed by atoms with Crippen LogP contribution in [0.4, 0.5) is 0 Å². The molecule has 2 fully saturated rings. The summed E-state index contributed by atoms with van der Waals surface area (Å²) in [7, 11) is 0. The second-order valence-corrected chi connectivity index (χ2v) is 5.96. The zero-order chi connectivity index (χ0) is 14.7. The Balaban J connectivity index is 1.61. The molecular formula is C15H24N4O2. The van der Waals surface area contributed by atoms with Gasteiger partial charge < -0.3 is 9.64 Å². The highest BCUT2D eigenvalue weighted by atomic mass is 16.5. The molecule has 2 aliphatic heterocycles. The number of ether oxygens (including phenoxy) is 1. The van der Waals surface area contributed by atoms with Gasteiger partial charge >= 0.3 is 0 Å². The number of morpholine rings is 1. The van der Waals surface area contributed by atoms with Crippen molar-refractivity contribution in [2.75, 3.05) is 39.4 Å². The molecule has 21 heavy (non-hydrogen) atoms. The molecule has 1 N–H and O–H groups in total. The number of rotatable bonds is 3. The number of H-pyrrole nitrogens is 1. The van der Waals surface area contributed by atoms with Gasteiger partial charge in [0.1, 0.15) is 0 Å². The highest BCUT2D eigenvalue weighted by Gasteiger charge is 2.31. The van der Waals surface area contributed by atoms with Crippen LogP contribution in [-0.2, 0) is 9.53 Å². The number of amides is 1. The van der Waals surface area contributed by atoms with Crippen LogP contribution in [-0.4, -0.2) is 71.3 Å². The van der Waals surface area contributed by atoms with Crippen molar-refractivity contribution in [3.63, 3.8) is 0 Å². The van der Waals surface area contributed by atoms with E-state index in [2.05, 4.69) is 15.1 Å². The molecule has 0 spiro atoms. The Morgan fingerprint density at radius 3 is 2.95 bits per heavy atom. The van der Waals surface area contributed by atoms with Crippen molar-refractivity contribution in [2.24, 2.45) is 0 Å². The monoisotopic (exact) mass is 292 g/mol. The zero-order valence-electron chi connectivity index (χ0n) is 12.6. The summed E-state index contributed by atoms with van der Waals surface area (Å²) in [6.07, 6.45) is 4.10. The molecule has 0 aromatic carbocycles. The smallest absolute Gasteiger partial charge is 0.239 e. The molecule has 1 amide bonds. The van der Waals surface area contributed by atoms with Gasteiger partial charge in [0.2, 0.25) is 5.91 Å². The number of likely N-dealkylation sites (tertiary alicyclic amines) is 1. The van der Waals surface area contributed by atoms with Crippen LogP contribution in [0.1, 0.15) is 31.4 Å². The molecule has 116 valence electrons. The third kappa shape index (κ3) is 3.27. The molecule has 0 radical (unpaired) electrons. The summed E-state index contributed by atoms with van der Waals surface area (Å²) < 4.78 is 5.32. The number of aromatic nitrogens is 2. The Kier molecular flexibility index (Phi) is 4.55. The van der Waals surface area contributed by atoms with Gasteiger partial charge in [0, 0.05) is 37.4 Å². The van der Waals surface area contributed by atoms with Crippen molar-refractivity contribution in [3.8, 4) is 0 Å². The third-order valence-corrected chi connectivity index (χ3v) is 4.64. The van der Waals surface area contributed by atoms with Crippen LogP contribution in [0.3, 0.4) is 0 Å². The highest BCUT2D eigenvalue weighted by molar-refractivity contribution is 5.81. The molecule has 0 unspecified atom stereocenters. The fourth-order valence-corrected chi connectivity index (χ4v) is 3.31. The summed E-state index contributed by atoms with van der Waals surface area (Å²) in [6, 6.07) is 2.00. The van der Waals surface area contributed by atoms with E-state index in [9.17, 15) is 4.79 Å². The molecule has 2 saturated heterocycles. The molecule has 2 atom stereocenters. The summed E-state index contributed by atoms with van der Waals surface area (Å²) >= 11 is 0. The van der Waals surface area contributed by atoms with Gasteiger partial charge in [0.25, 0.3) is 0 Å². The molecule has 6 nitrogen and oxygen atoms in total. The van der Waals surface area contributed by atoms with E-state index in [-0.39, 0.29) is 11.9 Å². The number of nitrogens with zero attached hydrogens (tertiary/aromatic N) is 3. The van der Waals surface area contributed by atoms with Crippen molar-refractivity contribution in [3.05, 3.63) is 18.0 Å². The van der Waals surface area contributed by atoms with Crippen molar-refractivity contribution in [2.45, 2.75) is 31.7 Å². The average molecular weight is 292 g/mol. The number of aromatic amines is 1. The molecule has 1 aromatic heterocycles. The van der Waals surface area contributed by atoms with Crippen LogP contribution >= 0.6 is 0 Å². The van der Waals surface area contributed by atoms with E-state index in [4.69, 9.17) is 4.74 Å². The molecule has 1 aromatic rings. The molecule has 3 rings (SSSR count). The molecule has 2 aliphatic rings. The molecule has 6 heteroatoms. The number of carbonyl (C=O) groups is 1. The minimum Gasteiger partial charge on any atom is -0.378 e. The van der Waals surface area contributed by atoms with Gasteiger partial charge in [-0.2, -0.15) is 5.10 Å². The summed E-state index contributed by atoms with van der Waals surface area (Å²) in [5.41, 5.74) is 1.19. The third-order valence-electron chi connectivity index (χ3n) is 4.64. The van der Waals surface area contributed by atoms with Gasteiger partial charge in [-0.25, -0.2) is 0 Å². The maximum atomic E-state index is 12.6. The Hall–Kier alpha value is -1.40. The molecule has 0 saturated carbocycles. The summed E-state index contributed by atoms with van der Waals surface area (Å²) in [6.45, 7) is 6.74. The van der Waals surface area contributed by atoms with Gasteiger partial charge in [0.15, 0.2) is 0 Å². The summed E-state index contributed by atoms with van der Waals surface area (Å²) in [4.78, 5) is 16.8. The normalized spacial score (nSPS) is 25.8. The molecular weight excluding hydrogens is 268 g/mol. The van der Waals surface area contributed by atoms with E-state index >= 15 is 0 Å². The minimum atomic E-state index is -0.0474. The van der Waals surface area contributed by atoms with E-state index in [0.29, 0.717) is 19.1 Å². The number of nitrogens with one attached hydrogen (secondary N) is 1. The largest absolute Gasteiger partial charge is 0.378 e. The standard InChI is InChI=1S/C15H24N4O2/c1-12(15(20)18-7-9-21-10-8-18)19-6-2-3-13(11-19)14-4-5-16-17-14/h4-5,12-13H,2-3,6-11H2,1H3,(H,16,17)/t12-,13+/m0/s1. The fraction of sp³-hybridized carbons (Fsp3) is 0.733. The number of hydrogen-bond acceptors (Lipinski definition) is 4. The first kappa shape index (κ1) is 14.5. The quantitative estimate of drug-likeness (QED) is 0.896. The predicted molar refractivity (Wildman–Crippen MR) is 79.0 cm³/mol. The Morgan fingerprint density at radius 1 is 1.43 bits per heavy atom. The molecule has 0 aliphatic carbocycles. The lowest BCUT2D eigenvalue weighted by Crippen LogP contribution is -2.52. The maximum absolute atomic E-state index is 12.6. The lowest BCUT2D eigenvalue weighted by molar-refractivity contribution is -0.141. The minimum absolute atomic E-state index is 0.0474. The van der Waals surface area contributed by atoms with Gasteiger partial charge in [-0.05, 0) is 32.4 Å². The molecule has 3 heterocycles. The lowest BCUT2D eigenvalue weighted by Gasteiger charge is -2.38. The second kappa shape index (κ2) is 6.58. The summed E-state index contributed by atoms with van der Waals surface area (Å²) in [5, 5.41) is 7.11. The predicted octanol–water partition coefficient (Wildman–Crippen LogP) is 0.836. The van der Waals surface area contributed by atoms with Gasteiger partial charge in [-0.1, -0.05) is 0 Å². The van der Waals surface area contributed by atoms with Gasteiger partial charge in [-0.15, -0.1) is 0 Å². The van der Waals surface area contributed by atoms with Crippen LogP contribution in [0.2, 0.25) is 0 Å². The maximum Gasteiger partial charge on any atom is 0.239 e.